The Morgan fingerprint density at radius 3 is 2.67 bits per heavy atom. The second kappa shape index (κ2) is 6.66. The van der Waals surface area contributed by atoms with Gasteiger partial charge >= 0.3 is 0 Å². The first kappa shape index (κ1) is 15.4. The number of nitrogens with two attached hydrogens (primary N) is 1. The fourth-order valence-electron chi connectivity index (χ4n) is 1.73. The molecule has 1 heterocycles. The highest BCUT2D eigenvalue weighted by atomic mass is 32.2. The predicted octanol–water partition coefficient (Wildman–Crippen LogP) is 1.03. The summed E-state index contributed by atoms with van der Waals surface area (Å²) in [5.74, 6) is 0.678. The summed E-state index contributed by atoms with van der Waals surface area (Å²) in [6, 6.07) is 10.3. The van der Waals surface area contributed by atoms with Crippen molar-refractivity contribution in [2.75, 3.05) is 7.11 Å². The number of pyridine rings is 1. The van der Waals surface area contributed by atoms with E-state index in [1.807, 2.05) is 6.07 Å². The number of aromatic nitrogens is 1. The van der Waals surface area contributed by atoms with Crippen molar-refractivity contribution in [3.8, 4) is 5.75 Å². The van der Waals surface area contributed by atoms with Crippen LogP contribution in [0.1, 0.15) is 11.1 Å². The van der Waals surface area contributed by atoms with Gasteiger partial charge in [-0.1, -0.05) is 18.2 Å². The van der Waals surface area contributed by atoms with Crippen LogP contribution in [-0.2, 0) is 23.1 Å². The quantitative estimate of drug-likeness (QED) is 0.831. The Hall–Kier alpha value is -1.96. The first-order valence-corrected chi connectivity index (χ1v) is 7.81. The molecule has 21 heavy (non-hydrogen) atoms. The third kappa shape index (κ3) is 4.01. The van der Waals surface area contributed by atoms with E-state index in [9.17, 15) is 8.42 Å². The zero-order chi connectivity index (χ0) is 15.3. The van der Waals surface area contributed by atoms with E-state index in [-0.39, 0.29) is 11.6 Å². The van der Waals surface area contributed by atoms with Crippen molar-refractivity contribution >= 4 is 10.0 Å². The molecule has 2 aromatic rings. The Kier molecular flexibility index (Phi) is 4.89. The Balaban J connectivity index is 2.09. The molecule has 0 radical (unpaired) electrons. The first-order valence-electron chi connectivity index (χ1n) is 6.33. The van der Waals surface area contributed by atoms with Crippen molar-refractivity contribution in [3.63, 3.8) is 0 Å². The molecule has 0 spiro atoms. The average molecular weight is 307 g/mol. The minimum atomic E-state index is -3.65. The minimum Gasteiger partial charge on any atom is -0.497 e. The van der Waals surface area contributed by atoms with Crippen LogP contribution >= 0.6 is 0 Å². The van der Waals surface area contributed by atoms with E-state index in [1.54, 1.807) is 31.4 Å². The predicted molar refractivity (Wildman–Crippen MR) is 79.1 cm³/mol. The van der Waals surface area contributed by atoms with Gasteiger partial charge in [0.05, 0.1) is 7.11 Å². The monoisotopic (exact) mass is 307 g/mol. The number of nitrogens with zero attached hydrogens (tertiary/aromatic N) is 1. The van der Waals surface area contributed by atoms with Gasteiger partial charge in [-0.3, -0.25) is 0 Å². The summed E-state index contributed by atoms with van der Waals surface area (Å²) in [6.45, 7) is 0.490. The number of hydrogen-bond donors (Lipinski definition) is 2. The zero-order valence-electron chi connectivity index (χ0n) is 11.6. The molecule has 0 atom stereocenters. The summed E-state index contributed by atoms with van der Waals surface area (Å²) in [5.41, 5.74) is 7.04. The largest absolute Gasteiger partial charge is 0.497 e. The second-order valence-corrected chi connectivity index (χ2v) is 6.10. The van der Waals surface area contributed by atoms with Gasteiger partial charge in [0.2, 0.25) is 0 Å². The summed E-state index contributed by atoms with van der Waals surface area (Å²) in [5, 5.41) is -0.0254. The van der Waals surface area contributed by atoms with Crippen LogP contribution in [0.4, 0.5) is 0 Å². The van der Waals surface area contributed by atoms with Gasteiger partial charge in [0.15, 0.2) is 5.03 Å². The standard InChI is InChI=1S/C14H17N3O3S/c1-20-13-4-2-3-11(7-13)10-17-21(18,19)14-6-5-12(8-15)9-16-14/h2-7,9,17H,8,10,15H2,1H3. The van der Waals surface area contributed by atoms with Crippen molar-refractivity contribution < 1.29 is 13.2 Å². The molecule has 7 heteroatoms. The van der Waals surface area contributed by atoms with Crippen LogP contribution in [0.5, 0.6) is 5.75 Å². The van der Waals surface area contributed by atoms with Crippen LogP contribution in [0.25, 0.3) is 0 Å². The number of nitrogens with one attached hydrogen (secondary N) is 1. The van der Waals surface area contributed by atoms with E-state index in [0.717, 1.165) is 11.1 Å². The minimum absolute atomic E-state index is 0.0254. The van der Waals surface area contributed by atoms with Gasteiger partial charge in [0, 0.05) is 19.3 Å². The summed E-state index contributed by atoms with van der Waals surface area (Å²) in [6.07, 6.45) is 1.46. The van der Waals surface area contributed by atoms with Gasteiger partial charge < -0.3 is 10.5 Å². The van der Waals surface area contributed by atoms with Crippen molar-refractivity contribution in [2.24, 2.45) is 5.73 Å². The van der Waals surface area contributed by atoms with Crippen LogP contribution in [0.2, 0.25) is 0 Å². The molecule has 0 amide bonds. The highest BCUT2D eigenvalue weighted by molar-refractivity contribution is 7.89. The van der Waals surface area contributed by atoms with Gasteiger partial charge in [0.25, 0.3) is 10.0 Å². The van der Waals surface area contributed by atoms with Crippen LogP contribution < -0.4 is 15.2 Å². The fourth-order valence-corrected chi connectivity index (χ4v) is 2.67. The number of benzene rings is 1. The maximum Gasteiger partial charge on any atom is 0.258 e. The van der Waals surface area contributed by atoms with Crippen molar-refractivity contribution in [1.29, 1.82) is 0 Å². The van der Waals surface area contributed by atoms with E-state index in [2.05, 4.69) is 9.71 Å². The molecule has 6 nitrogen and oxygen atoms in total. The topological polar surface area (TPSA) is 94.3 Å². The van der Waals surface area contributed by atoms with Gasteiger partial charge in [0.1, 0.15) is 5.75 Å². The lowest BCUT2D eigenvalue weighted by Gasteiger charge is -2.08. The second-order valence-electron chi connectivity index (χ2n) is 4.38. The summed E-state index contributed by atoms with van der Waals surface area (Å²) >= 11 is 0. The SMILES string of the molecule is COc1cccc(CNS(=O)(=O)c2ccc(CN)cn2)c1. The molecule has 0 saturated carbocycles. The van der Waals surface area contributed by atoms with Crippen LogP contribution in [0.15, 0.2) is 47.6 Å². The lowest BCUT2D eigenvalue weighted by molar-refractivity contribution is 0.414. The summed E-state index contributed by atoms with van der Waals surface area (Å²) in [7, 11) is -2.08. The van der Waals surface area contributed by atoms with E-state index in [4.69, 9.17) is 10.5 Å². The molecular weight excluding hydrogens is 290 g/mol. The van der Waals surface area contributed by atoms with Gasteiger partial charge in [-0.05, 0) is 29.3 Å². The molecule has 1 aromatic carbocycles. The molecule has 0 aliphatic rings. The Bertz CT molecular complexity index is 700. The molecule has 2 rings (SSSR count). The Morgan fingerprint density at radius 2 is 2.05 bits per heavy atom. The van der Waals surface area contributed by atoms with E-state index in [1.165, 1.54) is 12.3 Å². The molecule has 0 unspecified atom stereocenters. The van der Waals surface area contributed by atoms with Gasteiger partial charge in [-0.15, -0.1) is 0 Å². The molecule has 0 aliphatic heterocycles. The lowest BCUT2D eigenvalue weighted by Crippen LogP contribution is -2.24. The lowest BCUT2D eigenvalue weighted by atomic mass is 10.2. The Labute approximate surface area is 124 Å². The van der Waals surface area contributed by atoms with Crippen molar-refractivity contribution in [3.05, 3.63) is 53.7 Å². The van der Waals surface area contributed by atoms with E-state index >= 15 is 0 Å². The number of ether oxygens (including phenoxy) is 1. The molecule has 0 fully saturated rings. The molecule has 112 valence electrons. The summed E-state index contributed by atoms with van der Waals surface area (Å²) < 4.78 is 31.8. The third-order valence-corrected chi connectivity index (χ3v) is 4.23. The molecule has 0 saturated heterocycles. The molecular formula is C14H17N3O3S. The smallest absolute Gasteiger partial charge is 0.258 e. The third-order valence-electron chi connectivity index (χ3n) is 2.91. The zero-order valence-corrected chi connectivity index (χ0v) is 12.4. The fraction of sp³-hybridized carbons (Fsp3) is 0.214. The van der Waals surface area contributed by atoms with E-state index in [0.29, 0.717) is 12.3 Å². The van der Waals surface area contributed by atoms with Crippen LogP contribution in [-0.4, -0.2) is 20.5 Å². The normalized spacial score (nSPS) is 11.3. The average Bonchev–Trinajstić information content (AvgIpc) is 2.53. The first-order chi connectivity index (χ1) is 10.0. The number of methoxy groups -OCH3 is 1. The highest BCUT2D eigenvalue weighted by Gasteiger charge is 2.15. The highest BCUT2D eigenvalue weighted by Crippen LogP contribution is 2.13. The molecule has 0 aliphatic carbocycles. The molecule has 0 bridgehead atoms. The molecule has 1 aromatic heterocycles. The van der Waals surface area contributed by atoms with E-state index < -0.39 is 10.0 Å². The van der Waals surface area contributed by atoms with Crippen LogP contribution in [0, 0.1) is 0 Å². The number of rotatable bonds is 6. The number of hydrogen-bond acceptors (Lipinski definition) is 5. The maximum atomic E-state index is 12.1. The molecule has 3 N–H and O–H groups in total. The van der Waals surface area contributed by atoms with Crippen molar-refractivity contribution in [1.82, 2.24) is 9.71 Å². The summed E-state index contributed by atoms with van der Waals surface area (Å²) in [4.78, 5) is 3.91. The van der Waals surface area contributed by atoms with Crippen LogP contribution in [0.3, 0.4) is 0 Å². The van der Waals surface area contributed by atoms with Gasteiger partial charge in [-0.2, -0.15) is 0 Å². The Morgan fingerprint density at radius 1 is 1.24 bits per heavy atom. The van der Waals surface area contributed by atoms with Crippen molar-refractivity contribution in [2.45, 2.75) is 18.1 Å². The number of sulfonamides is 1. The van der Waals surface area contributed by atoms with Gasteiger partial charge in [-0.25, -0.2) is 18.1 Å². The maximum absolute atomic E-state index is 12.1.